The van der Waals surface area contributed by atoms with E-state index >= 15 is 0 Å². The van der Waals surface area contributed by atoms with E-state index in [9.17, 15) is 14.4 Å². The Morgan fingerprint density at radius 3 is 1.75 bits per heavy atom. The summed E-state index contributed by atoms with van der Waals surface area (Å²) in [5.74, 6) is -1.34. The second-order valence-corrected chi connectivity index (χ2v) is 3.83. The summed E-state index contributed by atoms with van der Waals surface area (Å²) in [7, 11) is 0. The zero-order valence-corrected chi connectivity index (χ0v) is 7.93. The number of rotatable bonds is 3. The largest absolute Gasteiger partial charge is 0.299 e. The minimum atomic E-state index is -0.602. The first-order chi connectivity index (χ1) is 5.25. The van der Waals surface area contributed by atoms with Crippen LogP contribution in [0.3, 0.4) is 0 Å². The number of hydrogen-bond acceptors (Lipinski definition) is 3. The highest BCUT2D eigenvalue weighted by Gasteiger charge is 2.24. The summed E-state index contributed by atoms with van der Waals surface area (Å²) in [6, 6.07) is 0. The Labute approximate surface area is 72.1 Å². The predicted molar refractivity (Wildman–Crippen MR) is 44.8 cm³/mol. The van der Waals surface area contributed by atoms with Gasteiger partial charge in [-0.25, -0.2) is 0 Å². The molecule has 3 heteroatoms. The highest BCUT2D eigenvalue weighted by molar-refractivity contribution is 6.39. The van der Waals surface area contributed by atoms with Crippen LogP contribution in [0, 0.1) is 5.41 Å². The van der Waals surface area contributed by atoms with Crippen LogP contribution in [0.4, 0.5) is 0 Å². The Morgan fingerprint density at radius 1 is 1.08 bits per heavy atom. The van der Waals surface area contributed by atoms with E-state index in [1.54, 1.807) is 20.8 Å². The molecule has 0 saturated carbocycles. The van der Waals surface area contributed by atoms with Gasteiger partial charge < -0.3 is 0 Å². The van der Waals surface area contributed by atoms with Crippen LogP contribution < -0.4 is 0 Å². The van der Waals surface area contributed by atoms with Crippen LogP contribution in [-0.4, -0.2) is 17.3 Å². The molecule has 0 bridgehead atoms. The fourth-order valence-electron chi connectivity index (χ4n) is 0.535. The van der Waals surface area contributed by atoms with Gasteiger partial charge in [0, 0.05) is 12.3 Å². The van der Waals surface area contributed by atoms with E-state index in [0.29, 0.717) is 0 Å². The molecule has 0 aliphatic carbocycles. The third-order valence-corrected chi connectivity index (χ3v) is 1.55. The maximum Gasteiger partial charge on any atom is 0.205 e. The average molecular weight is 170 g/mol. The lowest BCUT2D eigenvalue weighted by atomic mass is 9.87. The standard InChI is InChI=1S/C9H14O3/c1-6(10)7(11)5-8(12)9(2,3)4/h5H2,1-4H3. The third-order valence-electron chi connectivity index (χ3n) is 1.55. The molecule has 0 unspecified atom stereocenters. The second-order valence-electron chi connectivity index (χ2n) is 3.83. The minimum Gasteiger partial charge on any atom is -0.299 e. The molecule has 3 nitrogen and oxygen atoms in total. The van der Waals surface area contributed by atoms with Crippen molar-refractivity contribution in [3.8, 4) is 0 Å². The highest BCUT2D eigenvalue weighted by atomic mass is 16.2. The molecule has 0 rings (SSSR count). The Bertz CT molecular complexity index is 220. The summed E-state index contributed by atoms with van der Waals surface area (Å²) in [5.41, 5.74) is -0.537. The van der Waals surface area contributed by atoms with Gasteiger partial charge in [-0.2, -0.15) is 0 Å². The Balaban J connectivity index is 4.21. The molecule has 0 saturated heterocycles. The summed E-state index contributed by atoms with van der Waals surface area (Å²) < 4.78 is 0. The molecular formula is C9H14O3. The quantitative estimate of drug-likeness (QED) is 0.471. The lowest BCUT2D eigenvalue weighted by molar-refractivity contribution is -0.139. The van der Waals surface area contributed by atoms with Gasteiger partial charge in [0.1, 0.15) is 5.78 Å². The van der Waals surface area contributed by atoms with Crippen molar-refractivity contribution in [3.63, 3.8) is 0 Å². The van der Waals surface area contributed by atoms with Crippen molar-refractivity contribution < 1.29 is 14.4 Å². The molecule has 0 N–H and O–H groups in total. The number of ketones is 3. The van der Waals surface area contributed by atoms with E-state index in [-0.39, 0.29) is 12.2 Å². The van der Waals surface area contributed by atoms with Crippen LogP contribution in [0.15, 0.2) is 0 Å². The molecular weight excluding hydrogens is 156 g/mol. The molecule has 0 fully saturated rings. The Morgan fingerprint density at radius 2 is 1.50 bits per heavy atom. The molecule has 0 aromatic carbocycles. The molecule has 0 aliphatic heterocycles. The van der Waals surface area contributed by atoms with Gasteiger partial charge in [-0.15, -0.1) is 0 Å². The van der Waals surface area contributed by atoms with Gasteiger partial charge >= 0.3 is 0 Å². The number of carbonyl (C=O) groups is 3. The molecule has 68 valence electrons. The van der Waals surface area contributed by atoms with Gasteiger partial charge in [0.05, 0.1) is 6.42 Å². The van der Waals surface area contributed by atoms with Crippen molar-refractivity contribution in [2.75, 3.05) is 0 Å². The summed E-state index contributed by atoms with van der Waals surface area (Å²) in [5, 5.41) is 0. The van der Waals surface area contributed by atoms with Crippen LogP contribution in [0.2, 0.25) is 0 Å². The molecule has 0 aromatic rings. The van der Waals surface area contributed by atoms with Crippen molar-refractivity contribution in [2.24, 2.45) is 5.41 Å². The van der Waals surface area contributed by atoms with Crippen LogP contribution >= 0.6 is 0 Å². The molecule has 0 aliphatic rings. The van der Waals surface area contributed by atoms with Gasteiger partial charge in [0.15, 0.2) is 5.78 Å². The van der Waals surface area contributed by atoms with E-state index in [0.717, 1.165) is 0 Å². The van der Waals surface area contributed by atoms with E-state index < -0.39 is 17.0 Å². The Kier molecular flexibility index (Phi) is 3.31. The predicted octanol–water partition coefficient (Wildman–Crippen LogP) is 1.15. The summed E-state index contributed by atoms with van der Waals surface area (Å²) in [6.07, 6.45) is -0.265. The van der Waals surface area contributed by atoms with Crippen LogP contribution in [0.25, 0.3) is 0 Å². The van der Waals surface area contributed by atoms with Crippen molar-refractivity contribution >= 4 is 17.3 Å². The molecule has 0 spiro atoms. The first-order valence-electron chi connectivity index (χ1n) is 3.82. The summed E-state index contributed by atoms with van der Waals surface area (Å²) in [6.45, 7) is 6.35. The average Bonchev–Trinajstić information content (AvgIpc) is 1.85. The molecule has 0 amide bonds. The monoisotopic (exact) mass is 170 g/mol. The molecule has 12 heavy (non-hydrogen) atoms. The maximum atomic E-state index is 11.2. The van der Waals surface area contributed by atoms with Crippen LogP contribution in [0.1, 0.15) is 34.1 Å². The van der Waals surface area contributed by atoms with Gasteiger partial charge in [0.25, 0.3) is 0 Å². The first kappa shape index (κ1) is 11.0. The molecule has 0 aromatic heterocycles. The van der Waals surface area contributed by atoms with E-state index in [2.05, 4.69) is 0 Å². The molecule has 0 heterocycles. The number of Topliss-reactive ketones (excluding diaryl/α,β-unsaturated/α-hetero) is 3. The fourth-order valence-corrected chi connectivity index (χ4v) is 0.535. The SMILES string of the molecule is CC(=O)C(=O)CC(=O)C(C)(C)C. The number of carbonyl (C=O) groups excluding carboxylic acids is 3. The Hall–Kier alpha value is -0.990. The second kappa shape index (κ2) is 3.61. The summed E-state index contributed by atoms with van der Waals surface area (Å²) in [4.78, 5) is 32.5. The normalized spacial score (nSPS) is 11.0. The highest BCUT2D eigenvalue weighted by Crippen LogP contribution is 2.16. The van der Waals surface area contributed by atoms with E-state index in [1.165, 1.54) is 6.92 Å². The van der Waals surface area contributed by atoms with Crippen molar-refractivity contribution in [1.82, 2.24) is 0 Å². The topological polar surface area (TPSA) is 51.2 Å². The zero-order valence-electron chi connectivity index (χ0n) is 7.93. The van der Waals surface area contributed by atoms with Crippen LogP contribution in [-0.2, 0) is 14.4 Å². The molecule has 0 atom stereocenters. The van der Waals surface area contributed by atoms with Crippen molar-refractivity contribution in [1.29, 1.82) is 0 Å². The van der Waals surface area contributed by atoms with E-state index in [4.69, 9.17) is 0 Å². The van der Waals surface area contributed by atoms with E-state index in [1.807, 2.05) is 0 Å². The third kappa shape index (κ3) is 3.42. The van der Waals surface area contributed by atoms with Gasteiger partial charge in [-0.1, -0.05) is 20.8 Å². The summed E-state index contributed by atoms with van der Waals surface area (Å²) >= 11 is 0. The van der Waals surface area contributed by atoms with Gasteiger partial charge in [0.2, 0.25) is 5.78 Å². The maximum absolute atomic E-state index is 11.2. The minimum absolute atomic E-state index is 0.192. The zero-order chi connectivity index (χ0) is 9.94. The molecule has 0 radical (unpaired) electrons. The van der Waals surface area contributed by atoms with Gasteiger partial charge in [-0.3, -0.25) is 14.4 Å². The fraction of sp³-hybridized carbons (Fsp3) is 0.667. The van der Waals surface area contributed by atoms with Crippen molar-refractivity contribution in [2.45, 2.75) is 34.1 Å². The van der Waals surface area contributed by atoms with Gasteiger partial charge in [-0.05, 0) is 0 Å². The van der Waals surface area contributed by atoms with Crippen LogP contribution in [0.5, 0.6) is 0 Å². The first-order valence-corrected chi connectivity index (χ1v) is 3.82. The van der Waals surface area contributed by atoms with Crippen molar-refractivity contribution in [3.05, 3.63) is 0 Å². The smallest absolute Gasteiger partial charge is 0.205 e. The lowest BCUT2D eigenvalue weighted by Crippen LogP contribution is -2.25. The number of hydrogen-bond donors (Lipinski definition) is 0. The lowest BCUT2D eigenvalue weighted by Gasteiger charge is -2.14.